The maximum absolute atomic E-state index is 12.2. The summed E-state index contributed by atoms with van der Waals surface area (Å²) in [5, 5.41) is 2.43. The third-order valence-corrected chi connectivity index (χ3v) is 6.13. The summed E-state index contributed by atoms with van der Waals surface area (Å²) in [5.41, 5.74) is 0.921. The monoisotopic (exact) mass is 473 g/mol. The maximum Gasteiger partial charge on any atom is 0.321 e. The molecule has 2 aromatic carbocycles. The van der Waals surface area contributed by atoms with E-state index >= 15 is 0 Å². The molecule has 2 N–H and O–H groups in total. The van der Waals surface area contributed by atoms with Crippen LogP contribution in [0.5, 0.6) is 0 Å². The first-order chi connectivity index (χ1) is 15.5. The van der Waals surface area contributed by atoms with Gasteiger partial charge in [0.1, 0.15) is 6.54 Å². The van der Waals surface area contributed by atoms with E-state index in [1.54, 1.807) is 0 Å². The summed E-state index contributed by atoms with van der Waals surface area (Å²) in [6.45, 7) is -0.0685. The van der Waals surface area contributed by atoms with E-state index in [-0.39, 0.29) is 27.5 Å². The Kier molecular flexibility index (Phi) is 6.70. The number of imide groups is 1. The van der Waals surface area contributed by atoms with Crippen LogP contribution in [0, 0.1) is 0 Å². The van der Waals surface area contributed by atoms with Crippen LogP contribution in [0.25, 0.3) is 0 Å². The van der Waals surface area contributed by atoms with E-state index in [0.29, 0.717) is 5.56 Å². The van der Waals surface area contributed by atoms with Crippen LogP contribution in [0.4, 0.5) is 5.69 Å². The maximum atomic E-state index is 12.2. The number of ketones is 1. The van der Waals surface area contributed by atoms with Crippen LogP contribution in [0.2, 0.25) is 0 Å². The molecule has 0 unspecified atom stereocenters. The number of ether oxygens (including phenoxy) is 1. The number of nitrogens with zero attached hydrogens (tertiary/aromatic N) is 1. The van der Waals surface area contributed by atoms with Gasteiger partial charge in [0.2, 0.25) is 10.0 Å². The molecule has 0 saturated heterocycles. The Morgan fingerprint density at radius 1 is 0.970 bits per heavy atom. The van der Waals surface area contributed by atoms with E-state index in [2.05, 4.69) is 5.32 Å². The first kappa shape index (κ1) is 23.8. The van der Waals surface area contributed by atoms with Crippen molar-refractivity contribution in [3.05, 3.63) is 59.2 Å². The summed E-state index contributed by atoms with van der Waals surface area (Å²) in [4.78, 5) is 59.8. The number of Topliss-reactive ketones (excluding diaryl/α,β-unsaturated/α-hetero) is 1. The normalized spacial score (nSPS) is 13.0. The Balaban J connectivity index is 1.50. The number of sulfonamides is 1. The summed E-state index contributed by atoms with van der Waals surface area (Å²) < 4.78 is 31.2. The number of benzene rings is 2. The van der Waals surface area contributed by atoms with Gasteiger partial charge < -0.3 is 10.1 Å². The van der Waals surface area contributed by atoms with Gasteiger partial charge in [0, 0.05) is 18.3 Å². The highest BCUT2D eigenvalue weighted by Crippen LogP contribution is 2.24. The smallest absolute Gasteiger partial charge is 0.321 e. The fourth-order valence-electron chi connectivity index (χ4n) is 2.94. The van der Waals surface area contributed by atoms with Crippen LogP contribution in [0.15, 0.2) is 47.4 Å². The van der Waals surface area contributed by atoms with E-state index in [1.807, 2.05) is 4.72 Å². The molecule has 1 aliphatic rings. The topological polar surface area (TPSA) is 156 Å². The molecule has 0 bridgehead atoms. The third-order valence-electron chi connectivity index (χ3n) is 4.72. The van der Waals surface area contributed by atoms with Crippen molar-refractivity contribution >= 4 is 45.2 Å². The molecule has 0 aliphatic carbocycles. The highest BCUT2D eigenvalue weighted by Gasteiger charge is 2.32. The molecule has 11 nitrogen and oxygen atoms in total. The second-order valence-electron chi connectivity index (χ2n) is 7.04. The zero-order chi connectivity index (χ0) is 24.3. The molecule has 0 fully saturated rings. The van der Waals surface area contributed by atoms with Gasteiger partial charge in [-0.2, -0.15) is 4.72 Å². The molecule has 0 saturated carbocycles. The zero-order valence-corrected chi connectivity index (χ0v) is 18.4. The summed E-state index contributed by atoms with van der Waals surface area (Å²) in [7, 11) is -2.69. The molecule has 2 aromatic rings. The molecule has 1 aliphatic heterocycles. The first-order valence-electron chi connectivity index (χ1n) is 9.52. The number of fused-ring (bicyclic) bond motifs is 1. The van der Waals surface area contributed by atoms with Crippen LogP contribution in [-0.4, -0.2) is 63.0 Å². The fourth-order valence-corrected chi connectivity index (χ4v) is 3.91. The highest BCUT2D eigenvalue weighted by atomic mass is 32.2. The summed E-state index contributed by atoms with van der Waals surface area (Å²) in [6.07, 6.45) is 0. The van der Waals surface area contributed by atoms with Gasteiger partial charge in [-0.05, 0) is 37.3 Å². The lowest BCUT2D eigenvalue weighted by Crippen LogP contribution is -2.32. The summed E-state index contributed by atoms with van der Waals surface area (Å²) in [6, 6.07) is 9.31. The van der Waals surface area contributed by atoms with Crippen molar-refractivity contribution in [1.82, 2.24) is 9.62 Å². The van der Waals surface area contributed by atoms with Crippen LogP contribution in [0.1, 0.15) is 38.0 Å². The van der Waals surface area contributed by atoms with Crippen molar-refractivity contribution in [3.8, 4) is 0 Å². The highest BCUT2D eigenvalue weighted by molar-refractivity contribution is 7.89. The van der Waals surface area contributed by atoms with E-state index in [1.165, 1.54) is 56.4 Å². The number of anilines is 1. The van der Waals surface area contributed by atoms with Gasteiger partial charge in [0.05, 0.1) is 16.0 Å². The van der Waals surface area contributed by atoms with Gasteiger partial charge in [0.15, 0.2) is 12.4 Å². The number of carbonyl (C=O) groups excluding carboxylic acids is 5. The number of carbonyl (C=O) groups is 5. The van der Waals surface area contributed by atoms with Gasteiger partial charge in [-0.1, -0.05) is 12.1 Å². The van der Waals surface area contributed by atoms with Gasteiger partial charge in [-0.15, -0.1) is 0 Å². The molecule has 0 atom stereocenters. The standard InChI is InChI=1S/C21H19N3O8S/c1-12(25)13-3-6-15(7-4-13)33(30,31)22-10-19(27)32-11-18(26)23-14-5-8-16-17(9-14)21(29)24(2)20(16)28/h3-9,22H,10-11H2,1-2H3,(H,23,26). The lowest BCUT2D eigenvalue weighted by molar-refractivity contribution is -0.146. The molecule has 1 heterocycles. The first-order valence-corrected chi connectivity index (χ1v) is 11.0. The van der Waals surface area contributed by atoms with Crippen molar-refractivity contribution in [3.63, 3.8) is 0 Å². The predicted octanol–water partition coefficient (Wildman–Crippen LogP) is 0.575. The quantitative estimate of drug-likeness (QED) is 0.320. The van der Waals surface area contributed by atoms with Crippen LogP contribution < -0.4 is 10.0 Å². The molecule has 3 rings (SSSR count). The van der Waals surface area contributed by atoms with Crippen molar-refractivity contribution in [1.29, 1.82) is 0 Å². The minimum Gasteiger partial charge on any atom is -0.455 e. The van der Waals surface area contributed by atoms with Gasteiger partial charge in [0.25, 0.3) is 17.7 Å². The Morgan fingerprint density at radius 2 is 1.61 bits per heavy atom. The van der Waals surface area contributed by atoms with E-state index < -0.39 is 46.9 Å². The van der Waals surface area contributed by atoms with Crippen LogP contribution in [-0.2, 0) is 24.3 Å². The Hall–Kier alpha value is -3.90. The molecular formula is C21H19N3O8S. The third kappa shape index (κ3) is 5.30. The SMILES string of the molecule is CC(=O)c1ccc(S(=O)(=O)NCC(=O)OCC(=O)Nc2ccc3c(c2)C(=O)N(C)C3=O)cc1. The summed E-state index contributed by atoms with van der Waals surface area (Å²) >= 11 is 0. The van der Waals surface area contributed by atoms with Crippen molar-refractivity contribution in [2.45, 2.75) is 11.8 Å². The van der Waals surface area contributed by atoms with E-state index in [4.69, 9.17) is 4.74 Å². The second kappa shape index (κ2) is 9.30. The van der Waals surface area contributed by atoms with Crippen LogP contribution >= 0.6 is 0 Å². The second-order valence-corrected chi connectivity index (χ2v) is 8.81. The number of rotatable bonds is 8. The number of esters is 1. The molecular weight excluding hydrogens is 454 g/mol. The zero-order valence-electron chi connectivity index (χ0n) is 17.6. The molecule has 12 heteroatoms. The lowest BCUT2D eigenvalue weighted by atomic mass is 10.1. The molecule has 33 heavy (non-hydrogen) atoms. The van der Waals surface area contributed by atoms with Crippen molar-refractivity contribution in [2.24, 2.45) is 0 Å². The van der Waals surface area contributed by atoms with E-state index in [9.17, 15) is 32.4 Å². The van der Waals surface area contributed by atoms with Gasteiger partial charge >= 0.3 is 5.97 Å². The van der Waals surface area contributed by atoms with Crippen molar-refractivity contribution in [2.75, 3.05) is 25.5 Å². The molecule has 0 radical (unpaired) electrons. The Morgan fingerprint density at radius 3 is 2.24 bits per heavy atom. The number of amides is 3. The van der Waals surface area contributed by atoms with Crippen LogP contribution in [0.3, 0.4) is 0 Å². The largest absolute Gasteiger partial charge is 0.455 e. The number of hydrogen-bond acceptors (Lipinski definition) is 8. The average molecular weight is 473 g/mol. The Labute approximate surface area is 188 Å². The van der Waals surface area contributed by atoms with E-state index in [0.717, 1.165) is 4.90 Å². The van der Waals surface area contributed by atoms with Gasteiger partial charge in [-0.3, -0.25) is 28.9 Å². The molecule has 172 valence electrons. The molecule has 0 aromatic heterocycles. The predicted molar refractivity (Wildman–Crippen MR) is 114 cm³/mol. The number of hydrogen-bond donors (Lipinski definition) is 2. The number of nitrogens with one attached hydrogen (secondary N) is 2. The fraction of sp³-hybridized carbons (Fsp3) is 0.190. The Bertz CT molecular complexity index is 1270. The molecule has 0 spiro atoms. The van der Waals surface area contributed by atoms with Gasteiger partial charge in [-0.25, -0.2) is 8.42 Å². The minimum atomic E-state index is -4.03. The van der Waals surface area contributed by atoms with Crippen molar-refractivity contribution < 1.29 is 37.1 Å². The average Bonchev–Trinajstić information content (AvgIpc) is 3.00. The minimum absolute atomic E-state index is 0.142. The lowest BCUT2D eigenvalue weighted by Gasteiger charge is -2.09. The summed E-state index contributed by atoms with van der Waals surface area (Å²) in [5.74, 6) is -2.89. The molecule has 3 amide bonds.